The molecular formula is C21H24FN5O. The molecule has 0 amide bonds. The van der Waals surface area contributed by atoms with Gasteiger partial charge < -0.3 is 19.9 Å². The van der Waals surface area contributed by atoms with Crippen molar-refractivity contribution in [1.82, 2.24) is 19.9 Å². The Morgan fingerprint density at radius 2 is 2.07 bits per heavy atom. The number of anilines is 1. The van der Waals surface area contributed by atoms with Gasteiger partial charge in [-0.1, -0.05) is 0 Å². The van der Waals surface area contributed by atoms with Gasteiger partial charge >= 0.3 is 0 Å². The average molecular weight is 381 g/mol. The molecule has 2 N–H and O–H groups in total. The summed E-state index contributed by atoms with van der Waals surface area (Å²) in [6, 6.07) is 5.86. The standard InChI is InChI=1S/C21H24FN5O/c1-26-8-7-14-17(26)6-4-13(21(14)28)16-10-24-19(11-23-16)27(2)18-9-12-3-5-15(25-12)20(18)22/h4,6-8,10-12,15,18,20,25,28H,3,5,9H2,1-2H3/t12-,15?,18-,20+/m0/s1. The Labute approximate surface area is 163 Å². The maximum atomic E-state index is 14.8. The fourth-order valence-corrected chi connectivity index (χ4v) is 4.70. The lowest BCUT2D eigenvalue weighted by Gasteiger charge is -2.38. The SMILES string of the molecule is CN(c1cnc(-c2ccc3c(ccn3C)c2O)cn1)[C@H]1C[C@@H]2CCC(N2)[C@H]1F. The normalized spacial score (nSPS) is 26.7. The zero-order valence-corrected chi connectivity index (χ0v) is 16.0. The predicted molar refractivity (Wildman–Crippen MR) is 107 cm³/mol. The lowest BCUT2D eigenvalue weighted by atomic mass is 9.96. The highest BCUT2D eigenvalue weighted by atomic mass is 19.1. The van der Waals surface area contributed by atoms with E-state index in [2.05, 4.69) is 15.3 Å². The summed E-state index contributed by atoms with van der Waals surface area (Å²) < 4.78 is 16.8. The number of fused-ring (bicyclic) bond motifs is 3. The first-order valence-electron chi connectivity index (χ1n) is 9.75. The number of nitrogens with one attached hydrogen (secondary N) is 1. The van der Waals surface area contributed by atoms with Crippen LogP contribution in [-0.2, 0) is 7.05 Å². The molecule has 4 heterocycles. The monoisotopic (exact) mass is 381 g/mol. The Bertz CT molecular complexity index is 1020. The molecule has 146 valence electrons. The molecule has 6 nitrogen and oxygen atoms in total. The number of hydrogen-bond acceptors (Lipinski definition) is 5. The van der Waals surface area contributed by atoms with Crippen LogP contribution in [0, 0.1) is 0 Å². The van der Waals surface area contributed by atoms with Gasteiger partial charge in [0.25, 0.3) is 0 Å². The molecule has 3 aromatic rings. The molecule has 2 aliphatic rings. The number of hydrogen-bond donors (Lipinski definition) is 2. The molecule has 4 atom stereocenters. The zero-order valence-electron chi connectivity index (χ0n) is 16.0. The number of benzene rings is 1. The number of halogens is 1. The first kappa shape index (κ1) is 17.4. The van der Waals surface area contributed by atoms with Crippen molar-refractivity contribution < 1.29 is 9.50 Å². The molecular weight excluding hydrogens is 357 g/mol. The van der Waals surface area contributed by atoms with E-state index >= 15 is 0 Å². The van der Waals surface area contributed by atoms with Gasteiger partial charge in [0.1, 0.15) is 17.7 Å². The van der Waals surface area contributed by atoms with Gasteiger partial charge in [-0.3, -0.25) is 4.98 Å². The van der Waals surface area contributed by atoms with Gasteiger partial charge in [-0.25, -0.2) is 9.37 Å². The van der Waals surface area contributed by atoms with E-state index in [1.165, 1.54) is 0 Å². The number of nitrogens with zero attached hydrogens (tertiary/aromatic N) is 4. The van der Waals surface area contributed by atoms with E-state index in [1.807, 2.05) is 48.0 Å². The number of aryl methyl sites for hydroxylation is 1. The first-order chi connectivity index (χ1) is 13.5. The van der Waals surface area contributed by atoms with Gasteiger partial charge in [0.2, 0.25) is 0 Å². The third-order valence-electron chi connectivity index (χ3n) is 6.37. The van der Waals surface area contributed by atoms with Crippen LogP contribution >= 0.6 is 0 Å². The smallest absolute Gasteiger partial charge is 0.147 e. The average Bonchev–Trinajstić information content (AvgIpc) is 3.29. The van der Waals surface area contributed by atoms with Crippen LogP contribution in [0.4, 0.5) is 10.2 Å². The Kier molecular flexibility index (Phi) is 4.01. The van der Waals surface area contributed by atoms with E-state index in [-0.39, 0.29) is 17.8 Å². The molecule has 0 aliphatic carbocycles. The van der Waals surface area contributed by atoms with Crippen molar-refractivity contribution in [3.05, 3.63) is 36.8 Å². The molecule has 0 saturated carbocycles. The molecule has 2 saturated heterocycles. The molecule has 2 fully saturated rings. The Balaban J connectivity index is 1.42. The zero-order chi connectivity index (χ0) is 19.4. The second-order valence-electron chi connectivity index (χ2n) is 7.99. The molecule has 5 rings (SSSR count). The third kappa shape index (κ3) is 2.64. The number of alkyl halides is 1. The minimum absolute atomic E-state index is 0.0482. The summed E-state index contributed by atoms with van der Waals surface area (Å²) in [5, 5.41) is 14.8. The largest absolute Gasteiger partial charge is 0.507 e. The van der Waals surface area contributed by atoms with Crippen LogP contribution in [0.15, 0.2) is 36.8 Å². The number of rotatable bonds is 3. The number of aromatic nitrogens is 3. The number of piperidine rings is 1. The van der Waals surface area contributed by atoms with Crippen molar-refractivity contribution in [2.24, 2.45) is 7.05 Å². The fraction of sp³-hybridized carbons (Fsp3) is 0.429. The molecule has 0 radical (unpaired) electrons. The summed E-state index contributed by atoms with van der Waals surface area (Å²) in [5.41, 5.74) is 2.20. The molecule has 1 unspecified atom stereocenters. The van der Waals surface area contributed by atoms with E-state index in [1.54, 1.807) is 12.4 Å². The van der Waals surface area contributed by atoms with Gasteiger partial charge in [0.15, 0.2) is 0 Å². The molecule has 1 aromatic carbocycles. The van der Waals surface area contributed by atoms with Crippen molar-refractivity contribution in [2.75, 3.05) is 11.9 Å². The van der Waals surface area contributed by atoms with Crippen LogP contribution in [0.3, 0.4) is 0 Å². The van der Waals surface area contributed by atoms with Gasteiger partial charge in [-0.15, -0.1) is 0 Å². The lowest BCUT2D eigenvalue weighted by Crippen LogP contribution is -2.55. The fourth-order valence-electron chi connectivity index (χ4n) is 4.70. The van der Waals surface area contributed by atoms with Gasteiger partial charge in [-0.05, 0) is 37.5 Å². The van der Waals surface area contributed by atoms with Crippen LogP contribution in [0.2, 0.25) is 0 Å². The summed E-state index contributed by atoms with van der Waals surface area (Å²) in [7, 11) is 3.83. The van der Waals surface area contributed by atoms with Crippen molar-refractivity contribution in [2.45, 2.75) is 43.6 Å². The third-order valence-corrected chi connectivity index (χ3v) is 6.37. The van der Waals surface area contributed by atoms with E-state index in [9.17, 15) is 9.50 Å². The Hall–Kier alpha value is -2.67. The maximum Gasteiger partial charge on any atom is 0.147 e. The van der Waals surface area contributed by atoms with Crippen LogP contribution < -0.4 is 10.2 Å². The van der Waals surface area contributed by atoms with Crippen molar-refractivity contribution in [3.63, 3.8) is 0 Å². The minimum Gasteiger partial charge on any atom is -0.507 e. The van der Waals surface area contributed by atoms with Gasteiger partial charge in [0.05, 0.1) is 29.6 Å². The van der Waals surface area contributed by atoms with Gasteiger partial charge in [0, 0.05) is 43.3 Å². The van der Waals surface area contributed by atoms with E-state index < -0.39 is 6.17 Å². The van der Waals surface area contributed by atoms with Gasteiger partial charge in [-0.2, -0.15) is 0 Å². The number of phenols is 1. The molecule has 0 spiro atoms. The van der Waals surface area contributed by atoms with E-state index in [4.69, 9.17) is 0 Å². The summed E-state index contributed by atoms with van der Waals surface area (Å²) in [6.07, 6.45) is 7.05. The molecule has 2 bridgehead atoms. The highest BCUT2D eigenvalue weighted by Gasteiger charge is 2.43. The van der Waals surface area contributed by atoms with Crippen LogP contribution in [0.5, 0.6) is 5.75 Å². The highest BCUT2D eigenvalue weighted by molar-refractivity contribution is 5.92. The Morgan fingerprint density at radius 3 is 2.86 bits per heavy atom. The second-order valence-corrected chi connectivity index (χ2v) is 7.99. The highest BCUT2D eigenvalue weighted by Crippen LogP contribution is 2.36. The quantitative estimate of drug-likeness (QED) is 0.730. The second kappa shape index (κ2) is 6.44. The first-order valence-corrected chi connectivity index (χ1v) is 9.75. The summed E-state index contributed by atoms with van der Waals surface area (Å²) in [5.74, 6) is 0.852. The topological polar surface area (TPSA) is 66.2 Å². The molecule has 28 heavy (non-hydrogen) atoms. The predicted octanol–water partition coefficient (Wildman–Crippen LogP) is 3.01. The molecule has 7 heteroatoms. The molecule has 2 aliphatic heterocycles. The van der Waals surface area contributed by atoms with E-state index in [0.29, 0.717) is 23.1 Å². The lowest BCUT2D eigenvalue weighted by molar-refractivity contribution is 0.176. The molecule has 2 aromatic heterocycles. The number of phenolic OH excluding ortho intramolecular Hbond substituents is 1. The number of aromatic hydroxyl groups is 1. The van der Waals surface area contributed by atoms with Crippen LogP contribution in [0.25, 0.3) is 22.2 Å². The minimum atomic E-state index is -0.908. The van der Waals surface area contributed by atoms with Crippen LogP contribution in [-0.4, -0.2) is 51.0 Å². The van der Waals surface area contributed by atoms with Crippen molar-refractivity contribution in [3.8, 4) is 17.0 Å². The van der Waals surface area contributed by atoms with Crippen molar-refractivity contribution >= 4 is 16.7 Å². The summed E-state index contributed by atoms with van der Waals surface area (Å²) in [4.78, 5) is 10.9. The van der Waals surface area contributed by atoms with Crippen LogP contribution in [0.1, 0.15) is 19.3 Å². The summed E-state index contributed by atoms with van der Waals surface area (Å²) >= 11 is 0. The van der Waals surface area contributed by atoms with Crippen molar-refractivity contribution in [1.29, 1.82) is 0 Å². The summed E-state index contributed by atoms with van der Waals surface area (Å²) in [6.45, 7) is 0. The Morgan fingerprint density at radius 1 is 1.21 bits per heavy atom. The van der Waals surface area contributed by atoms with E-state index in [0.717, 1.165) is 30.2 Å². The maximum absolute atomic E-state index is 14.8.